The van der Waals surface area contributed by atoms with Gasteiger partial charge in [-0.25, -0.2) is 0 Å². The third kappa shape index (κ3) is 3.33. The van der Waals surface area contributed by atoms with E-state index >= 15 is 0 Å². The molecule has 2 heteroatoms. The van der Waals surface area contributed by atoms with Crippen LogP contribution in [-0.4, -0.2) is 26.8 Å². The predicted octanol–water partition coefficient (Wildman–Crippen LogP) is 1.89. The molecule has 0 heterocycles. The molecule has 2 nitrogen and oxygen atoms in total. The maximum atomic E-state index is 5.43. The highest BCUT2D eigenvalue weighted by Gasteiger charge is 2.11. The minimum absolute atomic E-state index is 0.268. The number of nitrogens with one attached hydrogen (secondary N) is 1. The van der Waals surface area contributed by atoms with Gasteiger partial charge in [0.25, 0.3) is 0 Å². The van der Waals surface area contributed by atoms with Gasteiger partial charge in [-0.2, -0.15) is 0 Å². The molecular weight excluding hydrogens is 162 g/mol. The molecule has 1 N–H and O–H groups in total. The summed E-state index contributed by atoms with van der Waals surface area (Å²) in [6.07, 6.45) is 10.3. The Hall–Kier alpha value is -0.600. The van der Waals surface area contributed by atoms with E-state index in [1.54, 1.807) is 7.11 Å². The zero-order valence-corrected chi connectivity index (χ0v) is 8.55. The van der Waals surface area contributed by atoms with E-state index in [0.717, 1.165) is 19.4 Å². The van der Waals surface area contributed by atoms with Gasteiger partial charge < -0.3 is 10.1 Å². The molecule has 0 spiro atoms. The van der Waals surface area contributed by atoms with E-state index in [1.807, 2.05) is 7.05 Å². The van der Waals surface area contributed by atoms with Crippen LogP contribution in [0.5, 0.6) is 0 Å². The highest BCUT2D eigenvalue weighted by Crippen LogP contribution is 2.17. The van der Waals surface area contributed by atoms with Gasteiger partial charge in [-0.15, -0.1) is 0 Å². The standard InChI is InChI=1S/C11H19NO/c1-12-9-8-11(13-2)10-6-4-3-5-7-10/h4,6-7,11-12H,3,5,8-9H2,1-2H3. The second-order valence-electron chi connectivity index (χ2n) is 3.30. The highest BCUT2D eigenvalue weighted by atomic mass is 16.5. The lowest BCUT2D eigenvalue weighted by Crippen LogP contribution is -2.20. The van der Waals surface area contributed by atoms with Crippen LogP contribution in [0.15, 0.2) is 23.8 Å². The van der Waals surface area contributed by atoms with Crippen molar-refractivity contribution >= 4 is 0 Å². The average Bonchev–Trinajstić information content (AvgIpc) is 2.21. The van der Waals surface area contributed by atoms with E-state index in [0.29, 0.717) is 0 Å². The van der Waals surface area contributed by atoms with E-state index in [1.165, 1.54) is 12.0 Å². The number of allylic oxidation sites excluding steroid dienone is 2. The van der Waals surface area contributed by atoms with Gasteiger partial charge in [0.15, 0.2) is 0 Å². The summed E-state index contributed by atoms with van der Waals surface area (Å²) in [4.78, 5) is 0. The Balaban J connectivity index is 2.44. The van der Waals surface area contributed by atoms with E-state index in [-0.39, 0.29) is 6.10 Å². The SMILES string of the molecule is CNCCC(OC)C1=CCCC=C1. The van der Waals surface area contributed by atoms with Gasteiger partial charge >= 0.3 is 0 Å². The first kappa shape index (κ1) is 10.5. The molecule has 1 aliphatic rings. The molecule has 0 bridgehead atoms. The molecule has 0 aromatic carbocycles. The zero-order valence-electron chi connectivity index (χ0n) is 8.55. The molecule has 0 saturated heterocycles. The van der Waals surface area contributed by atoms with Gasteiger partial charge in [-0.05, 0) is 38.4 Å². The Morgan fingerprint density at radius 2 is 2.38 bits per heavy atom. The second kappa shape index (κ2) is 5.95. The fraction of sp³-hybridized carbons (Fsp3) is 0.636. The minimum atomic E-state index is 0.268. The Bertz CT molecular complexity index is 196. The summed E-state index contributed by atoms with van der Waals surface area (Å²) in [6, 6.07) is 0. The maximum absolute atomic E-state index is 5.43. The number of methoxy groups -OCH3 is 1. The molecule has 1 atom stereocenters. The van der Waals surface area contributed by atoms with Gasteiger partial charge in [0.1, 0.15) is 0 Å². The van der Waals surface area contributed by atoms with Crippen LogP contribution in [0.2, 0.25) is 0 Å². The molecule has 0 radical (unpaired) electrons. The summed E-state index contributed by atoms with van der Waals surface area (Å²) in [5, 5.41) is 3.14. The van der Waals surface area contributed by atoms with Gasteiger partial charge in [0.05, 0.1) is 6.10 Å². The van der Waals surface area contributed by atoms with E-state index < -0.39 is 0 Å². The molecule has 1 rings (SSSR count). The molecule has 0 saturated carbocycles. The van der Waals surface area contributed by atoms with E-state index in [9.17, 15) is 0 Å². The van der Waals surface area contributed by atoms with Crippen LogP contribution in [0.25, 0.3) is 0 Å². The van der Waals surface area contributed by atoms with E-state index in [4.69, 9.17) is 4.74 Å². The van der Waals surface area contributed by atoms with Crippen molar-refractivity contribution in [3.63, 3.8) is 0 Å². The molecule has 0 amide bonds. The summed E-state index contributed by atoms with van der Waals surface area (Å²) in [5.41, 5.74) is 1.34. The summed E-state index contributed by atoms with van der Waals surface area (Å²) in [7, 11) is 3.75. The maximum Gasteiger partial charge on any atom is 0.0830 e. The molecule has 1 aliphatic carbocycles. The quantitative estimate of drug-likeness (QED) is 0.699. The molecule has 0 aromatic rings. The fourth-order valence-corrected chi connectivity index (χ4v) is 1.57. The smallest absolute Gasteiger partial charge is 0.0830 e. The Kier molecular flexibility index (Phi) is 4.79. The van der Waals surface area contributed by atoms with Crippen LogP contribution in [-0.2, 0) is 4.74 Å². The minimum Gasteiger partial charge on any atom is -0.377 e. The lowest BCUT2D eigenvalue weighted by Gasteiger charge is -2.18. The molecule has 0 aromatic heterocycles. The number of hydrogen-bond acceptors (Lipinski definition) is 2. The van der Waals surface area contributed by atoms with Crippen molar-refractivity contribution < 1.29 is 4.74 Å². The van der Waals surface area contributed by atoms with Crippen LogP contribution in [0.1, 0.15) is 19.3 Å². The third-order valence-electron chi connectivity index (χ3n) is 2.34. The van der Waals surface area contributed by atoms with Crippen molar-refractivity contribution in [2.24, 2.45) is 0 Å². The summed E-state index contributed by atoms with van der Waals surface area (Å²) < 4.78 is 5.43. The lowest BCUT2D eigenvalue weighted by molar-refractivity contribution is 0.127. The monoisotopic (exact) mass is 181 g/mol. The van der Waals surface area contributed by atoms with Crippen LogP contribution in [0.4, 0.5) is 0 Å². The first-order valence-corrected chi connectivity index (χ1v) is 4.92. The topological polar surface area (TPSA) is 21.3 Å². The molecule has 0 fully saturated rings. The van der Waals surface area contributed by atoms with Crippen molar-refractivity contribution in [2.75, 3.05) is 20.7 Å². The van der Waals surface area contributed by atoms with Crippen molar-refractivity contribution in [2.45, 2.75) is 25.4 Å². The average molecular weight is 181 g/mol. The molecule has 1 unspecified atom stereocenters. The van der Waals surface area contributed by atoms with Crippen LogP contribution in [0, 0.1) is 0 Å². The molecular formula is C11H19NO. The molecule has 13 heavy (non-hydrogen) atoms. The van der Waals surface area contributed by atoms with Crippen molar-refractivity contribution in [1.82, 2.24) is 5.32 Å². The van der Waals surface area contributed by atoms with Gasteiger partial charge in [0, 0.05) is 7.11 Å². The van der Waals surface area contributed by atoms with Crippen molar-refractivity contribution in [3.05, 3.63) is 23.8 Å². The summed E-state index contributed by atoms with van der Waals surface area (Å²) in [6.45, 7) is 1.00. The highest BCUT2D eigenvalue weighted by molar-refractivity contribution is 5.26. The fourth-order valence-electron chi connectivity index (χ4n) is 1.57. The van der Waals surface area contributed by atoms with Crippen LogP contribution < -0.4 is 5.32 Å². The number of hydrogen-bond donors (Lipinski definition) is 1. The molecule has 74 valence electrons. The third-order valence-corrected chi connectivity index (χ3v) is 2.34. The van der Waals surface area contributed by atoms with Gasteiger partial charge in [-0.3, -0.25) is 0 Å². The number of ether oxygens (including phenoxy) is 1. The number of rotatable bonds is 5. The van der Waals surface area contributed by atoms with Crippen molar-refractivity contribution in [3.8, 4) is 0 Å². The summed E-state index contributed by atoms with van der Waals surface area (Å²) >= 11 is 0. The van der Waals surface area contributed by atoms with E-state index in [2.05, 4.69) is 23.5 Å². The Morgan fingerprint density at radius 1 is 1.54 bits per heavy atom. The second-order valence-corrected chi connectivity index (χ2v) is 3.30. The Labute approximate surface area is 80.7 Å². The van der Waals surface area contributed by atoms with Crippen LogP contribution in [0.3, 0.4) is 0 Å². The largest absolute Gasteiger partial charge is 0.377 e. The lowest BCUT2D eigenvalue weighted by atomic mass is 10.00. The van der Waals surface area contributed by atoms with Gasteiger partial charge in [0.2, 0.25) is 0 Å². The molecule has 0 aliphatic heterocycles. The zero-order chi connectivity index (χ0) is 9.52. The first-order valence-electron chi connectivity index (χ1n) is 4.92. The van der Waals surface area contributed by atoms with Crippen molar-refractivity contribution in [1.29, 1.82) is 0 Å². The Morgan fingerprint density at radius 3 is 2.92 bits per heavy atom. The van der Waals surface area contributed by atoms with Gasteiger partial charge in [-0.1, -0.05) is 18.2 Å². The normalized spacial score (nSPS) is 18.5. The first-order chi connectivity index (χ1) is 6.38. The summed E-state index contributed by atoms with van der Waals surface area (Å²) in [5.74, 6) is 0. The predicted molar refractivity (Wildman–Crippen MR) is 55.8 cm³/mol. The van der Waals surface area contributed by atoms with Crippen LogP contribution >= 0.6 is 0 Å².